The van der Waals surface area contributed by atoms with E-state index in [1.165, 1.54) is 17.0 Å². The van der Waals surface area contributed by atoms with Gasteiger partial charge in [-0.2, -0.15) is 0 Å². The largest absolute Gasteiger partial charge is 0.493 e. The number of benzene rings is 4. The van der Waals surface area contributed by atoms with Crippen LogP contribution in [0.3, 0.4) is 0 Å². The molecule has 4 aromatic rings. The monoisotopic (exact) mass is 779 g/mol. The molecule has 292 valence electrons. The van der Waals surface area contributed by atoms with Crippen LogP contribution in [0.25, 0.3) is 0 Å². The summed E-state index contributed by atoms with van der Waals surface area (Å²) in [5.74, 6) is -0.511. The first-order chi connectivity index (χ1) is 27.1. The standard InChI is InChI=1S/C43H46ClN5O7/c1-47-22-24-48(25-23-47)38(50)18-3-2-10-26-56-37-17-9-7-15-35(37)46-41(52)32-20-19-29(28-34(32)44)39(45)40(51)33-14-6-8-16-36(33)55-27-11-21-49-42(53)30-12-4-5-13-31(30)43(49)54/h4-9,12-17,19-20,28,39H,2-3,10-11,18,21-27,45H2,1H3,(H,46,52). The van der Waals surface area contributed by atoms with Crippen LogP contribution in [0.1, 0.15) is 85.1 Å². The molecule has 13 heteroatoms. The second kappa shape index (κ2) is 18.9. The minimum absolute atomic E-state index is 0.116. The van der Waals surface area contributed by atoms with Gasteiger partial charge in [-0.15, -0.1) is 0 Å². The fourth-order valence-corrected chi connectivity index (χ4v) is 6.98. The van der Waals surface area contributed by atoms with Crippen LogP contribution in [0.15, 0.2) is 91.0 Å². The van der Waals surface area contributed by atoms with E-state index in [0.29, 0.717) is 53.3 Å². The number of nitrogens with one attached hydrogen (secondary N) is 1. The number of ketones is 1. The Labute approximate surface area is 331 Å². The van der Waals surface area contributed by atoms with Gasteiger partial charge in [0.05, 0.1) is 52.2 Å². The normalized spacial score (nSPS) is 14.7. The molecule has 4 aromatic carbocycles. The molecule has 3 N–H and O–H groups in total. The summed E-state index contributed by atoms with van der Waals surface area (Å²) in [6.07, 6.45) is 3.29. The lowest BCUT2D eigenvalue weighted by molar-refractivity contribution is -0.132. The maximum Gasteiger partial charge on any atom is 0.261 e. The number of carbonyl (C=O) groups excluding carboxylic acids is 5. The zero-order chi connectivity index (χ0) is 39.6. The average Bonchev–Trinajstić information content (AvgIpc) is 3.45. The summed E-state index contributed by atoms with van der Waals surface area (Å²) >= 11 is 6.59. The Kier molecular flexibility index (Phi) is 13.5. The highest BCUT2D eigenvalue weighted by Crippen LogP contribution is 2.30. The van der Waals surface area contributed by atoms with Crippen molar-refractivity contribution in [3.63, 3.8) is 0 Å². The molecule has 1 atom stereocenters. The summed E-state index contributed by atoms with van der Waals surface area (Å²) in [5.41, 5.74) is 8.55. The summed E-state index contributed by atoms with van der Waals surface area (Å²) in [4.78, 5) is 70.2. The Balaban J connectivity index is 0.982. The van der Waals surface area contributed by atoms with Crippen LogP contribution in [0.4, 0.5) is 5.69 Å². The van der Waals surface area contributed by atoms with Crippen LogP contribution < -0.4 is 20.5 Å². The molecule has 1 unspecified atom stereocenters. The van der Waals surface area contributed by atoms with Crippen molar-refractivity contribution in [1.82, 2.24) is 14.7 Å². The van der Waals surface area contributed by atoms with E-state index in [4.69, 9.17) is 26.8 Å². The lowest BCUT2D eigenvalue weighted by Gasteiger charge is -2.32. The number of nitrogens with two attached hydrogens (primary N) is 1. The lowest BCUT2D eigenvalue weighted by atomic mass is 9.96. The zero-order valence-electron chi connectivity index (χ0n) is 31.4. The molecule has 1 fully saturated rings. The first-order valence-electron chi connectivity index (χ1n) is 18.9. The predicted octanol–water partition coefficient (Wildman–Crippen LogP) is 6.25. The van der Waals surface area contributed by atoms with Gasteiger partial charge in [0.25, 0.3) is 17.7 Å². The van der Waals surface area contributed by atoms with Gasteiger partial charge in [-0.3, -0.25) is 28.9 Å². The maximum atomic E-state index is 13.6. The molecule has 2 aliphatic rings. The second-order valence-corrected chi connectivity index (χ2v) is 14.3. The molecule has 1 saturated heterocycles. The number of amides is 4. The van der Waals surface area contributed by atoms with Crippen molar-refractivity contribution in [2.75, 3.05) is 58.3 Å². The number of hydrogen-bond acceptors (Lipinski definition) is 9. The molecule has 0 bridgehead atoms. The lowest BCUT2D eigenvalue weighted by Crippen LogP contribution is -2.47. The van der Waals surface area contributed by atoms with E-state index in [2.05, 4.69) is 17.3 Å². The van der Waals surface area contributed by atoms with Gasteiger partial charge in [0.15, 0.2) is 5.78 Å². The number of fused-ring (bicyclic) bond motifs is 1. The number of ether oxygens (including phenoxy) is 2. The summed E-state index contributed by atoms with van der Waals surface area (Å²) in [6, 6.07) is 24.0. The molecule has 2 heterocycles. The molecule has 0 aliphatic carbocycles. The maximum absolute atomic E-state index is 13.6. The number of anilines is 1. The molecule has 56 heavy (non-hydrogen) atoms. The first kappa shape index (κ1) is 40.1. The first-order valence-corrected chi connectivity index (χ1v) is 19.3. The van der Waals surface area contributed by atoms with Crippen LogP contribution in [0.2, 0.25) is 5.02 Å². The topological polar surface area (TPSA) is 152 Å². The smallest absolute Gasteiger partial charge is 0.261 e. The number of unbranched alkanes of at least 4 members (excludes halogenated alkanes) is 2. The minimum Gasteiger partial charge on any atom is -0.493 e. The third kappa shape index (κ3) is 9.62. The molecule has 0 saturated carbocycles. The van der Waals surface area contributed by atoms with Crippen molar-refractivity contribution in [2.45, 2.75) is 38.1 Å². The third-order valence-corrected chi connectivity index (χ3v) is 10.3. The number of piperazine rings is 1. The SMILES string of the molecule is CN1CCN(C(=O)CCCCCOc2ccccc2NC(=O)c2ccc(C(N)C(=O)c3ccccc3OCCCN3C(=O)c4ccccc4C3=O)cc2Cl)CC1. The van der Waals surface area contributed by atoms with Crippen LogP contribution in [0, 0.1) is 0 Å². The van der Waals surface area contributed by atoms with Gasteiger partial charge in [-0.1, -0.05) is 54.1 Å². The number of imide groups is 1. The van der Waals surface area contributed by atoms with E-state index in [1.54, 1.807) is 72.8 Å². The van der Waals surface area contributed by atoms with Gasteiger partial charge >= 0.3 is 0 Å². The van der Waals surface area contributed by atoms with Gasteiger partial charge in [-0.25, -0.2) is 0 Å². The van der Waals surface area contributed by atoms with E-state index < -0.39 is 17.7 Å². The molecule has 6 rings (SSSR count). The van der Waals surface area contributed by atoms with Crippen molar-refractivity contribution in [3.05, 3.63) is 124 Å². The molecule has 0 radical (unpaired) electrons. The number of halogens is 1. The van der Waals surface area contributed by atoms with Crippen LogP contribution in [-0.4, -0.2) is 97.1 Å². The van der Waals surface area contributed by atoms with Gasteiger partial charge in [0, 0.05) is 39.1 Å². The summed E-state index contributed by atoms with van der Waals surface area (Å²) in [7, 11) is 2.07. The van der Waals surface area contributed by atoms with Crippen molar-refractivity contribution in [2.24, 2.45) is 5.73 Å². The molecule has 12 nitrogen and oxygen atoms in total. The predicted molar refractivity (Wildman–Crippen MR) is 214 cm³/mol. The number of Topliss-reactive ketones (excluding diaryl/α,β-unsaturated/α-hetero) is 1. The fraction of sp³-hybridized carbons (Fsp3) is 0.326. The van der Waals surface area contributed by atoms with Crippen LogP contribution >= 0.6 is 11.6 Å². The van der Waals surface area contributed by atoms with E-state index in [9.17, 15) is 24.0 Å². The van der Waals surface area contributed by atoms with Gasteiger partial charge < -0.3 is 30.3 Å². The summed E-state index contributed by atoms with van der Waals surface area (Å²) in [5, 5.41) is 2.99. The number of rotatable bonds is 17. The number of para-hydroxylation sites is 3. The minimum atomic E-state index is -1.10. The second-order valence-electron chi connectivity index (χ2n) is 13.9. The molecular formula is C43H46ClN5O7. The molecule has 0 aromatic heterocycles. The molecule has 4 amide bonds. The Morgan fingerprint density at radius 2 is 1.38 bits per heavy atom. The number of hydrogen-bond donors (Lipinski definition) is 2. The number of likely N-dealkylation sites (N-methyl/N-ethyl adjacent to an activating group) is 1. The Hall–Kier alpha value is -5.56. The molecule has 0 spiro atoms. The quantitative estimate of drug-likeness (QED) is 0.0720. The molecule has 2 aliphatic heterocycles. The summed E-state index contributed by atoms with van der Waals surface area (Å²) < 4.78 is 11.9. The third-order valence-electron chi connectivity index (χ3n) is 9.98. The van der Waals surface area contributed by atoms with Crippen LogP contribution in [-0.2, 0) is 4.79 Å². The highest BCUT2D eigenvalue weighted by molar-refractivity contribution is 6.34. The van der Waals surface area contributed by atoms with Crippen molar-refractivity contribution >= 4 is 46.7 Å². The van der Waals surface area contributed by atoms with Crippen molar-refractivity contribution < 1.29 is 33.4 Å². The highest BCUT2D eigenvalue weighted by Gasteiger charge is 2.34. The zero-order valence-corrected chi connectivity index (χ0v) is 32.1. The van der Waals surface area contributed by atoms with Gasteiger partial charge in [0.2, 0.25) is 5.91 Å². The van der Waals surface area contributed by atoms with Crippen molar-refractivity contribution in [3.8, 4) is 11.5 Å². The van der Waals surface area contributed by atoms with Gasteiger partial charge in [0.1, 0.15) is 11.5 Å². The van der Waals surface area contributed by atoms with Crippen LogP contribution in [0.5, 0.6) is 11.5 Å². The van der Waals surface area contributed by atoms with E-state index in [-0.39, 0.29) is 47.0 Å². The van der Waals surface area contributed by atoms with Gasteiger partial charge in [-0.05, 0) is 86.8 Å². The Morgan fingerprint density at radius 1 is 0.750 bits per heavy atom. The summed E-state index contributed by atoms with van der Waals surface area (Å²) in [6.45, 7) is 4.13. The van der Waals surface area contributed by atoms with E-state index >= 15 is 0 Å². The number of nitrogens with zero attached hydrogens (tertiary/aromatic N) is 3. The Bertz CT molecular complexity index is 2050. The average molecular weight is 780 g/mol. The molecular weight excluding hydrogens is 734 g/mol. The fourth-order valence-electron chi connectivity index (χ4n) is 6.71. The van der Waals surface area contributed by atoms with E-state index in [0.717, 1.165) is 45.4 Å². The number of carbonyl (C=O) groups is 5. The van der Waals surface area contributed by atoms with E-state index in [1.807, 2.05) is 11.0 Å². The highest BCUT2D eigenvalue weighted by atomic mass is 35.5. The van der Waals surface area contributed by atoms with Crippen molar-refractivity contribution in [1.29, 1.82) is 0 Å². The Morgan fingerprint density at radius 3 is 2.09 bits per heavy atom.